The minimum Gasteiger partial charge on any atom is -0.466 e. The molecule has 0 aliphatic carbocycles. The van der Waals surface area contributed by atoms with Crippen molar-refractivity contribution in [1.29, 1.82) is 0 Å². The Morgan fingerprint density at radius 2 is 1.94 bits per heavy atom. The predicted octanol–water partition coefficient (Wildman–Crippen LogP) is 1.47. The lowest BCUT2D eigenvalue weighted by atomic mass is 9.97. The van der Waals surface area contributed by atoms with E-state index in [0.717, 1.165) is 25.8 Å². The molecule has 2 N–H and O–H groups in total. The molecule has 0 spiro atoms. The second-order valence-electron chi connectivity index (χ2n) is 4.02. The highest BCUT2D eigenvalue weighted by molar-refractivity contribution is 5.69. The van der Waals surface area contributed by atoms with E-state index in [1.807, 2.05) is 13.8 Å². The monoisotopic (exact) mass is 231 g/mol. The summed E-state index contributed by atoms with van der Waals surface area (Å²) < 4.78 is 4.82. The molecule has 0 rings (SSSR count). The molecule has 16 heavy (non-hydrogen) atoms. The number of carbonyl (C=O) groups is 1. The maximum Gasteiger partial charge on any atom is 0.305 e. The lowest BCUT2D eigenvalue weighted by Crippen LogP contribution is -2.39. The van der Waals surface area contributed by atoms with Crippen molar-refractivity contribution < 1.29 is 14.6 Å². The van der Waals surface area contributed by atoms with Crippen LogP contribution >= 0.6 is 0 Å². The third kappa shape index (κ3) is 6.80. The minimum atomic E-state index is -0.607. The Hall–Kier alpha value is -0.610. The van der Waals surface area contributed by atoms with Crippen LogP contribution in [0, 0.1) is 0 Å². The van der Waals surface area contributed by atoms with Gasteiger partial charge in [0, 0.05) is 13.0 Å². The number of hydrogen-bond acceptors (Lipinski definition) is 4. The number of esters is 1. The van der Waals surface area contributed by atoms with Gasteiger partial charge in [0.25, 0.3) is 0 Å². The summed E-state index contributed by atoms with van der Waals surface area (Å²) in [5, 5.41) is 13.1. The number of carbonyl (C=O) groups excluding carboxylic acids is 1. The van der Waals surface area contributed by atoms with E-state index in [-0.39, 0.29) is 5.97 Å². The van der Waals surface area contributed by atoms with E-state index in [1.165, 1.54) is 0 Å². The Morgan fingerprint density at radius 3 is 2.44 bits per heavy atom. The first kappa shape index (κ1) is 15.4. The van der Waals surface area contributed by atoms with E-state index >= 15 is 0 Å². The third-order valence-electron chi connectivity index (χ3n) is 2.81. The lowest BCUT2D eigenvalue weighted by Gasteiger charge is -2.25. The number of rotatable bonds is 9. The highest BCUT2D eigenvalue weighted by Crippen LogP contribution is 2.12. The number of aliphatic hydroxyl groups is 1. The molecule has 0 saturated heterocycles. The van der Waals surface area contributed by atoms with Gasteiger partial charge in [0.05, 0.1) is 12.2 Å². The molecule has 0 unspecified atom stereocenters. The maximum absolute atomic E-state index is 11.0. The smallest absolute Gasteiger partial charge is 0.305 e. The third-order valence-corrected chi connectivity index (χ3v) is 2.81. The Kier molecular flexibility index (Phi) is 8.21. The van der Waals surface area contributed by atoms with Gasteiger partial charge in [0.1, 0.15) is 0 Å². The standard InChI is InChI=1S/C12H25NO3/c1-4-12(15,5-2)10-13-9-7-8-11(14)16-6-3/h13,15H,4-10H2,1-3H3. The number of hydrogen-bond donors (Lipinski definition) is 2. The lowest BCUT2D eigenvalue weighted by molar-refractivity contribution is -0.143. The van der Waals surface area contributed by atoms with Crippen molar-refractivity contribution in [3.63, 3.8) is 0 Å². The van der Waals surface area contributed by atoms with Gasteiger partial charge >= 0.3 is 5.97 Å². The molecule has 0 aromatic heterocycles. The Labute approximate surface area is 98.4 Å². The fraction of sp³-hybridized carbons (Fsp3) is 0.917. The van der Waals surface area contributed by atoms with Crippen molar-refractivity contribution in [3.05, 3.63) is 0 Å². The molecule has 0 aliphatic heterocycles. The summed E-state index contributed by atoms with van der Waals surface area (Å²) in [6.45, 7) is 7.52. The summed E-state index contributed by atoms with van der Waals surface area (Å²) in [4.78, 5) is 11.0. The SMILES string of the molecule is CCOC(=O)CCCNCC(O)(CC)CC. The van der Waals surface area contributed by atoms with Gasteiger partial charge in [-0.1, -0.05) is 13.8 Å². The molecular weight excluding hydrogens is 206 g/mol. The van der Waals surface area contributed by atoms with Crippen molar-refractivity contribution >= 4 is 5.97 Å². The van der Waals surface area contributed by atoms with Crippen LogP contribution in [-0.2, 0) is 9.53 Å². The van der Waals surface area contributed by atoms with E-state index in [2.05, 4.69) is 5.32 Å². The Balaban J connectivity index is 3.49. The summed E-state index contributed by atoms with van der Waals surface area (Å²) >= 11 is 0. The molecular formula is C12H25NO3. The topological polar surface area (TPSA) is 58.6 Å². The van der Waals surface area contributed by atoms with Crippen LogP contribution in [-0.4, -0.2) is 36.4 Å². The number of ether oxygens (including phenoxy) is 1. The molecule has 4 nitrogen and oxygen atoms in total. The molecule has 0 aliphatic rings. The van der Waals surface area contributed by atoms with Crippen molar-refractivity contribution in [2.45, 2.75) is 52.1 Å². The van der Waals surface area contributed by atoms with Crippen LogP contribution < -0.4 is 5.32 Å². The van der Waals surface area contributed by atoms with E-state index < -0.39 is 5.60 Å². The van der Waals surface area contributed by atoms with Crippen molar-refractivity contribution in [3.8, 4) is 0 Å². The van der Waals surface area contributed by atoms with Gasteiger partial charge in [0.15, 0.2) is 0 Å². The van der Waals surface area contributed by atoms with Gasteiger partial charge in [-0.25, -0.2) is 0 Å². The van der Waals surface area contributed by atoms with Gasteiger partial charge < -0.3 is 15.2 Å². The van der Waals surface area contributed by atoms with E-state index in [1.54, 1.807) is 6.92 Å². The first-order valence-corrected chi connectivity index (χ1v) is 6.16. The zero-order chi connectivity index (χ0) is 12.4. The van der Waals surface area contributed by atoms with Crippen LogP contribution in [0.15, 0.2) is 0 Å². The first-order chi connectivity index (χ1) is 7.58. The quantitative estimate of drug-likeness (QED) is 0.466. The minimum absolute atomic E-state index is 0.148. The maximum atomic E-state index is 11.0. The fourth-order valence-corrected chi connectivity index (χ4v) is 1.41. The van der Waals surface area contributed by atoms with E-state index in [4.69, 9.17) is 4.74 Å². The molecule has 96 valence electrons. The van der Waals surface area contributed by atoms with Crippen LogP contribution in [0.3, 0.4) is 0 Å². The first-order valence-electron chi connectivity index (χ1n) is 6.16. The molecule has 0 radical (unpaired) electrons. The van der Waals surface area contributed by atoms with Crippen molar-refractivity contribution in [1.82, 2.24) is 5.32 Å². The largest absolute Gasteiger partial charge is 0.466 e. The molecule has 0 aromatic carbocycles. The zero-order valence-electron chi connectivity index (χ0n) is 10.7. The van der Waals surface area contributed by atoms with E-state index in [0.29, 0.717) is 19.6 Å². The van der Waals surface area contributed by atoms with Gasteiger partial charge in [-0.15, -0.1) is 0 Å². The average Bonchev–Trinajstić information content (AvgIpc) is 2.28. The normalized spacial score (nSPS) is 11.5. The second kappa shape index (κ2) is 8.53. The molecule has 0 amide bonds. The molecule has 0 saturated carbocycles. The van der Waals surface area contributed by atoms with Crippen LogP contribution in [0.5, 0.6) is 0 Å². The van der Waals surface area contributed by atoms with Gasteiger partial charge in [-0.2, -0.15) is 0 Å². The molecule has 0 atom stereocenters. The Morgan fingerprint density at radius 1 is 1.31 bits per heavy atom. The highest BCUT2D eigenvalue weighted by atomic mass is 16.5. The number of nitrogens with one attached hydrogen (secondary N) is 1. The van der Waals surface area contributed by atoms with Gasteiger partial charge in [-0.05, 0) is 32.7 Å². The molecule has 0 heterocycles. The Bertz CT molecular complexity index is 191. The van der Waals surface area contributed by atoms with Crippen LogP contribution in [0.1, 0.15) is 46.5 Å². The highest BCUT2D eigenvalue weighted by Gasteiger charge is 2.20. The van der Waals surface area contributed by atoms with Gasteiger partial charge in [0.2, 0.25) is 0 Å². The predicted molar refractivity (Wildman–Crippen MR) is 64.3 cm³/mol. The summed E-state index contributed by atoms with van der Waals surface area (Å²) in [6.07, 6.45) is 2.68. The molecule has 0 fully saturated rings. The van der Waals surface area contributed by atoms with Gasteiger partial charge in [-0.3, -0.25) is 4.79 Å². The summed E-state index contributed by atoms with van der Waals surface area (Å²) in [7, 11) is 0. The molecule has 0 aromatic rings. The second-order valence-corrected chi connectivity index (χ2v) is 4.02. The van der Waals surface area contributed by atoms with Crippen LogP contribution in [0.25, 0.3) is 0 Å². The van der Waals surface area contributed by atoms with Crippen LogP contribution in [0.4, 0.5) is 0 Å². The molecule has 0 bridgehead atoms. The zero-order valence-corrected chi connectivity index (χ0v) is 10.7. The summed E-state index contributed by atoms with van der Waals surface area (Å²) in [5.74, 6) is -0.148. The van der Waals surface area contributed by atoms with Crippen molar-refractivity contribution in [2.75, 3.05) is 19.7 Å². The van der Waals surface area contributed by atoms with E-state index in [9.17, 15) is 9.90 Å². The summed E-state index contributed by atoms with van der Waals surface area (Å²) in [6, 6.07) is 0. The molecule has 4 heteroatoms. The average molecular weight is 231 g/mol. The summed E-state index contributed by atoms with van der Waals surface area (Å²) in [5.41, 5.74) is -0.607. The van der Waals surface area contributed by atoms with Crippen molar-refractivity contribution in [2.24, 2.45) is 0 Å². The van der Waals surface area contributed by atoms with Crippen LogP contribution in [0.2, 0.25) is 0 Å². The fourth-order valence-electron chi connectivity index (χ4n) is 1.41.